The van der Waals surface area contributed by atoms with Crippen molar-refractivity contribution in [3.8, 4) is 17.2 Å². The van der Waals surface area contributed by atoms with Crippen molar-refractivity contribution < 1.29 is 13.6 Å². The van der Waals surface area contributed by atoms with E-state index in [1.54, 1.807) is 6.07 Å². The minimum Gasteiger partial charge on any atom is -0.368 e. The van der Waals surface area contributed by atoms with Crippen molar-refractivity contribution in [2.45, 2.75) is 32.4 Å². The van der Waals surface area contributed by atoms with E-state index in [4.69, 9.17) is 5.73 Å². The van der Waals surface area contributed by atoms with Crippen LogP contribution in [0.1, 0.15) is 40.8 Å². The molecule has 8 nitrogen and oxygen atoms in total. The highest BCUT2D eigenvalue weighted by atomic mass is 19.1. The number of benzene rings is 1. The summed E-state index contributed by atoms with van der Waals surface area (Å²) in [7, 11) is 0. The van der Waals surface area contributed by atoms with Gasteiger partial charge in [0.15, 0.2) is 0 Å². The molecule has 3 aromatic rings. The number of hydrogen-bond acceptors (Lipinski definition) is 6. The third-order valence-corrected chi connectivity index (χ3v) is 5.56. The van der Waals surface area contributed by atoms with Crippen LogP contribution in [0.5, 0.6) is 0 Å². The number of rotatable bonds is 5. The number of pyridine rings is 1. The predicted octanol–water partition coefficient (Wildman–Crippen LogP) is 2.79. The summed E-state index contributed by atoms with van der Waals surface area (Å²) in [5, 5.41) is 19.4. The molecule has 1 aliphatic rings. The number of nitrogens with one attached hydrogen (secondary N) is 2. The van der Waals surface area contributed by atoms with Gasteiger partial charge in [0.1, 0.15) is 23.4 Å². The highest BCUT2D eigenvalue weighted by molar-refractivity contribution is 6.04. The van der Waals surface area contributed by atoms with Crippen molar-refractivity contribution in [1.82, 2.24) is 20.5 Å². The second kappa shape index (κ2) is 8.60. The lowest BCUT2D eigenvalue weighted by Gasteiger charge is -2.27. The average Bonchev–Trinajstić information content (AvgIpc) is 3.34. The largest absolute Gasteiger partial charge is 0.368 e. The number of aromatic nitrogens is 3. The fourth-order valence-electron chi connectivity index (χ4n) is 4.06. The Morgan fingerprint density at radius 2 is 2.06 bits per heavy atom. The summed E-state index contributed by atoms with van der Waals surface area (Å²) in [5.74, 6) is -2.05. The molecule has 0 spiro atoms. The van der Waals surface area contributed by atoms with Crippen molar-refractivity contribution in [3.63, 3.8) is 0 Å². The Morgan fingerprint density at radius 3 is 2.64 bits per heavy atom. The fraction of sp³-hybridized carbons (Fsp3) is 0.304. The highest BCUT2D eigenvalue weighted by Crippen LogP contribution is 2.39. The minimum atomic E-state index is -0.798. The number of aromatic amines is 1. The third-order valence-electron chi connectivity index (χ3n) is 5.56. The zero-order valence-electron chi connectivity index (χ0n) is 18.2. The van der Waals surface area contributed by atoms with E-state index in [2.05, 4.69) is 20.5 Å². The first-order chi connectivity index (χ1) is 15.7. The Bertz CT molecular complexity index is 1240. The number of amides is 1. The molecule has 1 fully saturated rings. The van der Waals surface area contributed by atoms with E-state index in [1.165, 1.54) is 6.20 Å². The molecule has 33 heavy (non-hydrogen) atoms. The minimum absolute atomic E-state index is 0.0416. The first-order valence-corrected chi connectivity index (χ1v) is 10.4. The van der Waals surface area contributed by atoms with Gasteiger partial charge in [-0.1, -0.05) is 0 Å². The Balaban J connectivity index is 1.84. The van der Waals surface area contributed by atoms with Crippen molar-refractivity contribution in [2.24, 2.45) is 5.73 Å². The van der Waals surface area contributed by atoms with Crippen LogP contribution in [0.15, 0.2) is 30.5 Å². The van der Waals surface area contributed by atoms with E-state index in [9.17, 15) is 18.8 Å². The molecular formula is C23H23F2N7O. The van der Waals surface area contributed by atoms with Gasteiger partial charge in [0.25, 0.3) is 5.91 Å². The van der Waals surface area contributed by atoms with Crippen molar-refractivity contribution >= 4 is 11.6 Å². The number of anilines is 1. The van der Waals surface area contributed by atoms with Crippen LogP contribution in [0, 0.1) is 29.9 Å². The molecule has 170 valence electrons. The molecule has 1 aromatic carbocycles. The molecule has 1 atom stereocenters. The molecule has 1 aliphatic heterocycles. The van der Waals surface area contributed by atoms with Crippen LogP contribution in [-0.4, -0.2) is 39.7 Å². The lowest BCUT2D eigenvalue weighted by atomic mass is 9.97. The summed E-state index contributed by atoms with van der Waals surface area (Å²) < 4.78 is 28.2. The van der Waals surface area contributed by atoms with E-state index in [0.717, 1.165) is 23.9 Å². The van der Waals surface area contributed by atoms with Gasteiger partial charge in [-0.05, 0) is 44.0 Å². The molecular weight excluding hydrogens is 428 g/mol. The predicted molar refractivity (Wildman–Crippen MR) is 118 cm³/mol. The molecule has 0 unspecified atom stereocenters. The number of nitrogens with zero attached hydrogens (tertiary/aromatic N) is 4. The number of aryl methyl sites for hydroxylation is 1. The second-order valence-electron chi connectivity index (χ2n) is 8.56. The van der Waals surface area contributed by atoms with Gasteiger partial charge in [-0.3, -0.25) is 9.89 Å². The van der Waals surface area contributed by atoms with Gasteiger partial charge in [0.2, 0.25) is 0 Å². The first-order valence-electron chi connectivity index (χ1n) is 10.4. The lowest BCUT2D eigenvalue weighted by Crippen LogP contribution is -2.39. The molecule has 0 saturated carbocycles. The summed E-state index contributed by atoms with van der Waals surface area (Å²) in [4.78, 5) is 19.2. The lowest BCUT2D eigenvalue weighted by molar-refractivity contribution is 0.0950. The van der Waals surface area contributed by atoms with Gasteiger partial charge in [-0.2, -0.15) is 10.4 Å². The van der Waals surface area contributed by atoms with Crippen LogP contribution >= 0.6 is 0 Å². The van der Waals surface area contributed by atoms with Crippen LogP contribution in [0.25, 0.3) is 11.1 Å². The van der Waals surface area contributed by atoms with E-state index in [-0.39, 0.29) is 28.9 Å². The van der Waals surface area contributed by atoms with E-state index < -0.39 is 23.1 Å². The number of carbonyl (C=O) groups excluding carboxylic acids is 1. The molecule has 3 heterocycles. The molecule has 1 amide bonds. The fourth-order valence-corrected chi connectivity index (χ4v) is 4.06. The Morgan fingerprint density at radius 1 is 1.33 bits per heavy atom. The number of carbonyl (C=O) groups is 1. The van der Waals surface area contributed by atoms with Gasteiger partial charge >= 0.3 is 0 Å². The topological polar surface area (TPSA) is 124 Å². The van der Waals surface area contributed by atoms with Crippen molar-refractivity contribution in [1.29, 1.82) is 5.26 Å². The number of hydrogen-bond donors (Lipinski definition) is 3. The Labute approximate surface area is 189 Å². The molecule has 0 bridgehead atoms. The Kier molecular flexibility index (Phi) is 5.82. The van der Waals surface area contributed by atoms with Crippen LogP contribution in [-0.2, 0) is 6.54 Å². The monoisotopic (exact) mass is 451 g/mol. The molecule has 4 rings (SSSR count). The Hall–Kier alpha value is -3.84. The van der Waals surface area contributed by atoms with Crippen molar-refractivity contribution in [3.05, 3.63) is 64.7 Å². The van der Waals surface area contributed by atoms with Gasteiger partial charge in [-0.25, -0.2) is 13.8 Å². The molecule has 1 saturated heterocycles. The smallest absolute Gasteiger partial charge is 0.255 e. The van der Waals surface area contributed by atoms with E-state index >= 15 is 0 Å². The summed E-state index contributed by atoms with van der Waals surface area (Å²) in [6.45, 7) is 4.81. The van der Waals surface area contributed by atoms with Gasteiger partial charge in [0.05, 0.1) is 23.5 Å². The van der Waals surface area contributed by atoms with Crippen molar-refractivity contribution in [2.75, 3.05) is 18.0 Å². The summed E-state index contributed by atoms with van der Waals surface area (Å²) in [6.07, 6.45) is 1.95. The maximum atomic E-state index is 14.1. The van der Waals surface area contributed by atoms with Crippen LogP contribution in [0.4, 0.5) is 14.5 Å². The maximum Gasteiger partial charge on any atom is 0.255 e. The van der Waals surface area contributed by atoms with Gasteiger partial charge < -0.3 is 16.0 Å². The normalized spacial score (nSPS) is 17.8. The SMILES string of the molecule is Cc1cc(CNC(=O)c2cnc(C#N)c(-c3cc(F)cc(F)c3)c2N2CC[C@](C)(N)C2)n[nH]1. The maximum absolute atomic E-state index is 14.1. The molecule has 2 aromatic heterocycles. The zero-order valence-corrected chi connectivity index (χ0v) is 18.2. The summed E-state index contributed by atoms with van der Waals surface area (Å²) >= 11 is 0. The van der Waals surface area contributed by atoms with Crippen LogP contribution in [0.2, 0.25) is 0 Å². The van der Waals surface area contributed by atoms with E-state index in [0.29, 0.717) is 30.9 Å². The van der Waals surface area contributed by atoms with Crippen LogP contribution < -0.4 is 16.0 Å². The zero-order chi connectivity index (χ0) is 23.8. The number of nitrogens with two attached hydrogens (primary N) is 1. The number of halogens is 2. The third kappa shape index (κ3) is 4.68. The standard InChI is InChI=1S/C23H23F2N7O/c1-13-5-17(31-30-13)10-29-22(33)18-11-28-19(9-26)20(14-6-15(24)8-16(25)7-14)21(18)32-4-3-23(2,27)12-32/h5-8,11H,3-4,10,12,27H2,1-2H3,(H,29,33)(H,30,31)/t23-/m0/s1. The van der Waals surface area contributed by atoms with Gasteiger partial charge in [-0.15, -0.1) is 0 Å². The quantitative estimate of drug-likeness (QED) is 0.548. The molecule has 4 N–H and O–H groups in total. The highest BCUT2D eigenvalue weighted by Gasteiger charge is 2.34. The summed E-state index contributed by atoms with van der Waals surface area (Å²) in [6, 6.07) is 6.78. The molecule has 0 aliphatic carbocycles. The van der Waals surface area contributed by atoms with Crippen LogP contribution in [0.3, 0.4) is 0 Å². The summed E-state index contributed by atoms with van der Waals surface area (Å²) in [5.41, 5.74) is 8.12. The second-order valence-corrected chi connectivity index (χ2v) is 8.56. The van der Waals surface area contributed by atoms with Gasteiger partial charge in [0, 0.05) is 42.1 Å². The number of H-pyrrole nitrogens is 1. The average molecular weight is 451 g/mol. The first kappa shape index (κ1) is 22.4. The molecule has 10 heteroatoms. The number of nitriles is 1. The molecule has 0 radical (unpaired) electrons. The van der Waals surface area contributed by atoms with E-state index in [1.807, 2.05) is 24.8 Å².